The van der Waals surface area contributed by atoms with Crippen LogP contribution in [0.5, 0.6) is 5.75 Å². The number of carbonyl (C=O) groups is 2. The molecule has 2 aromatic rings. The minimum Gasteiger partial charge on any atom is -0.478 e. The number of anilines is 1. The van der Waals surface area contributed by atoms with E-state index in [1.807, 2.05) is 0 Å². The van der Waals surface area contributed by atoms with Gasteiger partial charge in [0.05, 0.1) is 5.56 Å². The minimum absolute atomic E-state index is 0.100. The van der Waals surface area contributed by atoms with E-state index in [0.717, 1.165) is 38.1 Å². The summed E-state index contributed by atoms with van der Waals surface area (Å²) in [4.78, 5) is 26.3. The van der Waals surface area contributed by atoms with E-state index in [0.29, 0.717) is 0 Å². The summed E-state index contributed by atoms with van der Waals surface area (Å²) < 4.78 is 71.9. The molecule has 0 radical (unpaired) electrons. The van der Waals surface area contributed by atoms with Gasteiger partial charge in [0, 0.05) is 25.3 Å². The molecule has 6 nitrogen and oxygen atoms in total. The van der Waals surface area contributed by atoms with Crippen LogP contribution >= 0.6 is 0 Å². The number of rotatable bonds is 6. The van der Waals surface area contributed by atoms with E-state index >= 15 is 0 Å². The highest BCUT2D eigenvalue weighted by molar-refractivity contribution is 5.94. The van der Waals surface area contributed by atoms with Gasteiger partial charge in [0.2, 0.25) is 0 Å². The number of aliphatic carboxylic acids is 1. The Balaban J connectivity index is 1.73. The molecule has 1 saturated heterocycles. The van der Waals surface area contributed by atoms with Gasteiger partial charge < -0.3 is 14.7 Å². The Bertz CT molecular complexity index is 1010. The number of benzene rings is 2. The lowest BCUT2D eigenvalue weighted by molar-refractivity contribution is -0.152. The van der Waals surface area contributed by atoms with Crippen LogP contribution in [-0.4, -0.2) is 40.7 Å². The fraction of sp³-hybridized carbons (Fsp3) is 0.333. The zero-order valence-electron chi connectivity index (χ0n) is 17.0. The van der Waals surface area contributed by atoms with Crippen LogP contribution in [0.25, 0.3) is 0 Å². The van der Waals surface area contributed by atoms with Gasteiger partial charge in [0.15, 0.2) is 23.0 Å². The van der Waals surface area contributed by atoms with Crippen LogP contribution in [-0.2, 0) is 17.5 Å². The number of carbonyl (C=O) groups excluding carboxylic acids is 1. The van der Waals surface area contributed by atoms with E-state index in [4.69, 9.17) is 9.84 Å². The third kappa shape index (κ3) is 4.76. The maximum atomic E-state index is 14.4. The van der Waals surface area contributed by atoms with Crippen molar-refractivity contribution in [2.75, 3.05) is 18.0 Å². The summed E-state index contributed by atoms with van der Waals surface area (Å²) in [6, 6.07) is 5.44. The van der Waals surface area contributed by atoms with Crippen molar-refractivity contribution in [2.24, 2.45) is 0 Å². The topological polar surface area (TPSA) is 70.1 Å². The summed E-state index contributed by atoms with van der Waals surface area (Å²) in [6.07, 6.45) is -4.50. The van der Waals surface area contributed by atoms with Gasteiger partial charge in [-0.15, -0.1) is 0 Å². The number of nitrogens with zero attached hydrogens (tertiary/aromatic N) is 2. The molecule has 0 unspecified atom stereocenters. The van der Waals surface area contributed by atoms with E-state index in [-0.39, 0.29) is 30.9 Å². The second kappa shape index (κ2) is 8.29. The predicted molar refractivity (Wildman–Crippen MR) is 103 cm³/mol. The molecule has 0 aromatic heterocycles. The second-order valence-corrected chi connectivity index (χ2v) is 7.71. The standard InChI is InChI=1S/C21H19F5N2O4/c1-20(2,18(29)30)32-17-15(22)9-12(10-16(17)23)11-27-7-8-28(19(27)31)14-5-3-13(4-6-14)21(24,25)26/h3-6,9-10H,7-8,11H2,1-2H3,(H,29,30). The maximum Gasteiger partial charge on any atom is 0.416 e. The van der Waals surface area contributed by atoms with Crippen LogP contribution in [0.15, 0.2) is 36.4 Å². The van der Waals surface area contributed by atoms with E-state index < -0.39 is 46.7 Å². The summed E-state index contributed by atoms with van der Waals surface area (Å²) in [7, 11) is 0. The molecule has 11 heteroatoms. The highest BCUT2D eigenvalue weighted by Crippen LogP contribution is 2.32. The van der Waals surface area contributed by atoms with Gasteiger partial charge in [-0.1, -0.05) is 0 Å². The van der Waals surface area contributed by atoms with Crippen molar-refractivity contribution in [1.29, 1.82) is 0 Å². The van der Waals surface area contributed by atoms with Crippen LogP contribution in [0.1, 0.15) is 25.0 Å². The van der Waals surface area contributed by atoms with Crippen LogP contribution in [0.2, 0.25) is 0 Å². The average molecular weight is 458 g/mol. The molecule has 2 aromatic carbocycles. The highest BCUT2D eigenvalue weighted by atomic mass is 19.4. The smallest absolute Gasteiger partial charge is 0.416 e. The summed E-state index contributed by atoms with van der Waals surface area (Å²) in [6.45, 7) is 2.49. The molecule has 1 aliphatic rings. The summed E-state index contributed by atoms with van der Waals surface area (Å²) in [5.41, 5.74) is -2.34. The van der Waals surface area contributed by atoms with Crippen molar-refractivity contribution >= 4 is 17.7 Å². The number of ether oxygens (including phenoxy) is 1. The molecule has 1 aliphatic heterocycles. The number of hydrogen-bond acceptors (Lipinski definition) is 3. The Labute approximate surface area is 179 Å². The van der Waals surface area contributed by atoms with E-state index in [9.17, 15) is 31.5 Å². The summed E-state index contributed by atoms with van der Waals surface area (Å²) in [5, 5.41) is 9.06. The molecule has 32 heavy (non-hydrogen) atoms. The van der Waals surface area contributed by atoms with Crippen molar-refractivity contribution in [3.8, 4) is 5.75 Å². The molecule has 172 valence electrons. The van der Waals surface area contributed by atoms with E-state index in [1.165, 1.54) is 21.9 Å². The Morgan fingerprint density at radius 3 is 2.12 bits per heavy atom. The third-order valence-electron chi connectivity index (χ3n) is 4.91. The molecule has 1 N–H and O–H groups in total. The third-order valence-corrected chi connectivity index (χ3v) is 4.91. The van der Waals surface area contributed by atoms with Crippen molar-refractivity contribution in [3.05, 3.63) is 59.2 Å². The molecule has 1 fully saturated rings. The first-order valence-electron chi connectivity index (χ1n) is 9.43. The van der Waals surface area contributed by atoms with Crippen LogP contribution < -0.4 is 9.64 Å². The van der Waals surface area contributed by atoms with Crippen LogP contribution in [0.3, 0.4) is 0 Å². The van der Waals surface area contributed by atoms with E-state index in [2.05, 4.69) is 0 Å². The number of carboxylic acid groups (broad SMARTS) is 1. The number of urea groups is 1. The Morgan fingerprint density at radius 1 is 1.06 bits per heavy atom. The van der Waals surface area contributed by atoms with Crippen LogP contribution in [0, 0.1) is 11.6 Å². The molecule has 0 bridgehead atoms. The molecule has 0 aliphatic carbocycles. The first-order chi connectivity index (χ1) is 14.8. The lowest BCUT2D eigenvalue weighted by Crippen LogP contribution is -2.38. The molecule has 2 amide bonds. The maximum absolute atomic E-state index is 14.4. The zero-order valence-corrected chi connectivity index (χ0v) is 17.0. The minimum atomic E-state index is -4.50. The molecular formula is C21H19F5N2O4. The van der Waals surface area contributed by atoms with Crippen molar-refractivity contribution < 1.29 is 41.4 Å². The largest absolute Gasteiger partial charge is 0.478 e. The fourth-order valence-electron chi connectivity index (χ4n) is 3.12. The quantitative estimate of drug-likeness (QED) is 0.639. The lowest BCUT2D eigenvalue weighted by atomic mass is 10.1. The van der Waals surface area contributed by atoms with Gasteiger partial charge in [-0.2, -0.15) is 13.2 Å². The fourth-order valence-corrected chi connectivity index (χ4v) is 3.12. The normalized spacial score (nSPS) is 14.8. The number of amides is 2. The summed E-state index contributed by atoms with van der Waals surface area (Å²) >= 11 is 0. The lowest BCUT2D eigenvalue weighted by Gasteiger charge is -2.23. The number of alkyl halides is 3. The SMILES string of the molecule is CC(C)(Oc1c(F)cc(CN2CCN(c3ccc(C(F)(F)F)cc3)C2=O)cc1F)C(=O)O. The Kier molecular flexibility index (Phi) is 6.03. The molecule has 0 spiro atoms. The van der Waals surface area contributed by atoms with E-state index in [1.54, 1.807) is 0 Å². The molecular weight excluding hydrogens is 439 g/mol. The number of halogens is 5. The molecule has 3 rings (SSSR count). The first kappa shape index (κ1) is 23.3. The number of hydrogen-bond donors (Lipinski definition) is 1. The van der Waals surface area contributed by atoms with Gasteiger partial charge in [0.1, 0.15) is 0 Å². The van der Waals surface area contributed by atoms with Gasteiger partial charge in [-0.05, 0) is 55.8 Å². The van der Waals surface area contributed by atoms with Gasteiger partial charge in [-0.25, -0.2) is 18.4 Å². The summed E-state index contributed by atoms with van der Waals surface area (Å²) in [5.74, 6) is -4.51. The zero-order chi connectivity index (χ0) is 23.8. The average Bonchev–Trinajstić information content (AvgIpc) is 3.04. The Morgan fingerprint density at radius 2 is 1.62 bits per heavy atom. The van der Waals surface area contributed by atoms with Crippen LogP contribution in [0.4, 0.5) is 32.4 Å². The van der Waals surface area contributed by atoms with Crippen molar-refractivity contribution in [3.63, 3.8) is 0 Å². The molecule has 0 atom stereocenters. The van der Waals surface area contributed by atoms with Gasteiger partial charge >= 0.3 is 18.2 Å². The first-order valence-corrected chi connectivity index (χ1v) is 9.43. The second-order valence-electron chi connectivity index (χ2n) is 7.71. The Hall–Kier alpha value is -3.37. The predicted octanol–water partition coefficient (Wildman–Crippen LogP) is 4.67. The van der Waals surface area contributed by atoms with Gasteiger partial charge in [-0.3, -0.25) is 4.90 Å². The highest BCUT2D eigenvalue weighted by Gasteiger charge is 2.34. The molecule has 0 saturated carbocycles. The van der Waals surface area contributed by atoms with Crippen molar-refractivity contribution in [1.82, 2.24) is 4.90 Å². The molecule has 1 heterocycles. The van der Waals surface area contributed by atoms with Crippen molar-refractivity contribution in [2.45, 2.75) is 32.2 Å². The number of carboxylic acids is 1. The monoisotopic (exact) mass is 458 g/mol. The van der Waals surface area contributed by atoms with Gasteiger partial charge in [0.25, 0.3) is 0 Å².